The minimum atomic E-state index is 0.428. The number of rotatable bonds is 2. The first kappa shape index (κ1) is 5.44. The molecule has 1 rings (SSSR count). The molecule has 1 aromatic rings. The third-order valence-corrected chi connectivity index (χ3v) is 1.67. The second-order valence-corrected chi connectivity index (χ2v) is 2.41. The Labute approximate surface area is 51.7 Å². The zero-order valence-corrected chi connectivity index (χ0v) is 5.06. The fraction of sp³-hybridized carbons (Fsp3) is 0.200. The second-order valence-electron chi connectivity index (χ2n) is 1.38. The summed E-state index contributed by atoms with van der Waals surface area (Å²) in [6, 6.07) is 3.87. The highest BCUT2D eigenvalue weighted by Crippen LogP contribution is 2.08. The second kappa shape index (κ2) is 2.57. The van der Waals surface area contributed by atoms with Crippen LogP contribution in [0.2, 0.25) is 0 Å². The lowest BCUT2D eigenvalue weighted by Gasteiger charge is -1.88. The van der Waals surface area contributed by atoms with Crippen molar-refractivity contribution < 1.29 is 0 Å². The van der Waals surface area contributed by atoms with Gasteiger partial charge in [0.1, 0.15) is 0 Å². The Morgan fingerprint density at radius 1 is 1.75 bits per heavy atom. The highest BCUT2D eigenvalue weighted by Gasteiger charge is 1.83. The van der Waals surface area contributed by atoms with Crippen molar-refractivity contribution >= 4 is 11.3 Å². The van der Waals surface area contributed by atoms with Crippen molar-refractivity contribution in [1.82, 2.24) is 0 Å². The molecule has 0 aromatic carbocycles. The molecule has 0 amide bonds. The van der Waals surface area contributed by atoms with Crippen LogP contribution >= 0.6 is 11.3 Å². The van der Waals surface area contributed by atoms with Crippen molar-refractivity contribution in [3.05, 3.63) is 27.9 Å². The van der Waals surface area contributed by atoms with E-state index in [1.165, 1.54) is 0 Å². The minimum absolute atomic E-state index is 0.428. The van der Waals surface area contributed by atoms with Gasteiger partial charge >= 0.3 is 0 Å². The van der Waals surface area contributed by atoms with Gasteiger partial charge in [-0.3, -0.25) is 0 Å². The summed E-state index contributed by atoms with van der Waals surface area (Å²) in [5, 5.41) is 4.95. The van der Waals surface area contributed by atoms with Crippen molar-refractivity contribution in [2.75, 3.05) is 0 Å². The van der Waals surface area contributed by atoms with Gasteiger partial charge < -0.3 is 10.6 Å². The number of hydrogen-bond donors (Lipinski definition) is 0. The average molecular weight is 125 g/mol. The summed E-state index contributed by atoms with van der Waals surface area (Å²) >= 11 is 1.59. The molecule has 8 heavy (non-hydrogen) atoms. The van der Waals surface area contributed by atoms with E-state index in [9.17, 15) is 0 Å². The molecule has 2 nitrogen and oxygen atoms in total. The molecule has 0 saturated heterocycles. The van der Waals surface area contributed by atoms with E-state index in [1.807, 2.05) is 17.5 Å². The van der Waals surface area contributed by atoms with Gasteiger partial charge in [0.15, 0.2) is 0 Å². The monoisotopic (exact) mass is 125 g/mol. The topological polar surface area (TPSA) is 34.7 Å². The SMILES string of the molecule is [N-]=NCc1cccs1. The van der Waals surface area contributed by atoms with Crippen LogP contribution in [0.25, 0.3) is 5.53 Å². The van der Waals surface area contributed by atoms with Gasteiger partial charge in [0, 0.05) is 11.4 Å². The van der Waals surface area contributed by atoms with Crippen molar-refractivity contribution in [3.63, 3.8) is 0 Å². The average Bonchev–Trinajstić information content (AvgIpc) is 2.19. The molecule has 0 aliphatic heterocycles. The largest absolute Gasteiger partial charge is 0.712 e. The van der Waals surface area contributed by atoms with Gasteiger partial charge in [-0.25, -0.2) is 0 Å². The fourth-order valence-corrected chi connectivity index (χ4v) is 1.09. The van der Waals surface area contributed by atoms with Crippen LogP contribution < -0.4 is 0 Å². The van der Waals surface area contributed by atoms with Crippen LogP contribution in [0.5, 0.6) is 0 Å². The zero-order valence-electron chi connectivity index (χ0n) is 4.24. The Morgan fingerprint density at radius 2 is 2.62 bits per heavy atom. The number of nitrogens with zero attached hydrogens (tertiary/aromatic N) is 2. The molecule has 3 heteroatoms. The first-order valence-corrected chi connectivity index (χ1v) is 3.14. The van der Waals surface area contributed by atoms with Gasteiger partial charge in [-0.2, -0.15) is 0 Å². The first-order chi connectivity index (χ1) is 3.93. The van der Waals surface area contributed by atoms with Gasteiger partial charge in [0.2, 0.25) is 0 Å². The summed E-state index contributed by atoms with van der Waals surface area (Å²) in [6.45, 7) is 0.428. The summed E-state index contributed by atoms with van der Waals surface area (Å²) in [4.78, 5) is 1.09. The van der Waals surface area contributed by atoms with Crippen molar-refractivity contribution in [2.24, 2.45) is 5.11 Å². The van der Waals surface area contributed by atoms with E-state index in [0.29, 0.717) is 6.54 Å². The molecule has 0 aliphatic carbocycles. The lowest BCUT2D eigenvalue weighted by molar-refractivity contribution is 1.09. The van der Waals surface area contributed by atoms with Gasteiger partial charge in [-0.1, -0.05) is 6.07 Å². The van der Waals surface area contributed by atoms with E-state index < -0.39 is 0 Å². The molecule has 1 aromatic heterocycles. The lowest BCUT2D eigenvalue weighted by atomic mass is 10.5. The summed E-state index contributed by atoms with van der Waals surface area (Å²) < 4.78 is 0. The van der Waals surface area contributed by atoms with Gasteiger partial charge in [0.25, 0.3) is 0 Å². The molecular formula is C5H5N2S-. The van der Waals surface area contributed by atoms with E-state index in [4.69, 9.17) is 5.53 Å². The predicted molar refractivity (Wildman–Crippen MR) is 33.8 cm³/mol. The molecular weight excluding hydrogens is 120 g/mol. The molecule has 0 saturated carbocycles. The van der Waals surface area contributed by atoms with Crippen LogP contribution in [0.1, 0.15) is 4.88 Å². The highest BCUT2D eigenvalue weighted by atomic mass is 32.1. The van der Waals surface area contributed by atoms with Crippen molar-refractivity contribution in [1.29, 1.82) is 0 Å². The Morgan fingerprint density at radius 3 is 3.12 bits per heavy atom. The molecule has 0 aliphatic rings. The molecule has 0 unspecified atom stereocenters. The maximum atomic E-state index is 8.07. The maximum Gasteiger partial charge on any atom is 0.0496 e. The number of thiophene rings is 1. The van der Waals surface area contributed by atoms with Gasteiger partial charge in [0.05, 0.1) is 0 Å². The molecule has 0 spiro atoms. The van der Waals surface area contributed by atoms with Gasteiger partial charge in [-0.15, -0.1) is 11.3 Å². The maximum absolute atomic E-state index is 8.07. The number of hydrogen-bond acceptors (Lipinski definition) is 2. The predicted octanol–water partition coefficient (Wildman–Crippen LogP) is 2.27. The van der Waals surface area contributed by atoms with E-state index in [-0.39, 0.29) is 0 Å². The normalized spacial score (nSPS) is 9.00. The first-order valence-electron chi connectivity index (χ1n) is 2.26. The quantitative estimate of drug-likeness (QED) is 0.543. The Bertz CT molecular complexity index is 157. The summed E-state index contributed by atoms with van der Waals surface area (Å²) in [5.74, 6) is 0. The molecule has 0 atom stereocenters. The third-order valence-electron chi connectivity index (χ3n) is 0.807. The fourth-order valence-electron chi connectivity index (χ4n) is 0.472. The van der Waals surface area contributed by atoms with Crippen LogP contribution in [0.15, 0.2) is 22.6 Å². The van der Waals surface area contributed by atoms with E-state index in [0.717, 1.165) is 4.88 Å². The highest BCUT2D eigenvalue weighted by molar-refractivity contribution is 7.09. The van der Waals surface area contributed by atoms with Gasteiger partial charge in [-0.05, 0) is 11.4 Å². The molecule has 0 fully saturated rings. The van der Waals surface area contributed by atoms with Crippen LogP contribution in [0, 0.1) is 0 Å². The standard InChI is InChI=1S/C5H5N2S/c6-7-4-5-2-1-3-8-5/h1-3H,4H2/q-1. The van der Waals surface area contributed by atoms with Crippen LogP contribution in [-0.2, 0) is 6.54 Å². The lowest BCUT2D eigenvalue weighted by Crippen LogP contribution is -1.65. The van der Waals surface area contributed by atoms with Crippen molar-refractivity contribution in [2.45, 2.75) is 6.54 Å². The zero-order chi connectivity index (χ0) is 5.82. The van der Waals surface area contributed by atoms with E-state index in [1.54, 1.807) is 11.3 Å². The Hall–Kier alpha value is -0.700. The summed E-state index contributed by atoms with van der Waals surface area (Å²) in [5.41, 5.74) is 8.07. The van der Waals surface area contributed by atoms with Crippen LogP contribution in [0.4, 0.5) is 0 Å². The Kier molecular flexibility index (Phi) is 1.75. The molecule has 0 radical (unpaired) electrons. The van der Waals surface area contributed by atoms with E-state index in [2.05, 4.69) is 5.11 Å². The Balaban J connectivity index is 2.62. The molecule has 42 valence electrons. The summed E-state index contributed by atoms with van der Waals surface area (Å²) in [6.07, 6.45) is 0. The van der Waals surface area contributed by atoms with Crippen LogP contribution in [0.3, 0.4) is 0 Å². The summed E-state index contributed by atoms with van der Waals surface area (Å²) in [7, 11) is 0. The molecule has 1 heterocycles. The third kappa shape index (κ3) is 1.13. The smallest absolute Gasteiger partial charge is 0.0496 e. The molecule has 0 N–H and O–H groups in total. The van der Waals surface area contributed by atoms with E-state index >= 15 is 0 Å². The van der Waals surface area contributed by atoms with Crippen molar-refractivity contribution in [3.8, 4) is 0 Å². The van der Waals surface area contributed by atoms with Crippen LogP contribution in [-0.4, -0.2) is 0 Å². The minimum Gasteiger partial charge on any atom is -0.712 e. The molecule has 0 bridgehead atoms.